The molecule has 5 nitrogen and oxygen atoms in total. The maximum absolute atomic E-state index is 11.1. The molecule has 1 aromatic rings. The summed E-state index contributed by atoms with van der Waals surface area (Å²) >= 11 is 0. The molecule has 2 atom stereocenters. The quantitative estimate of drug-likeness (QED) is 0.588. The summed E-state index contributed by atoms with van der Waals surface area (Å²) in [5, 5.41) is 21.8. The third-order valence-electron chi connectivity index (χ3n) is 3.06. The van der Waals surface area contributed by atoms with Crippen molar-refractivity contribution in [3.63, 3.8) is 0 Å². The Balaban J connectivity index is 2.33. The van der Waals surface area contributed by atoms with Crippen LogP contribution in [0.2, 0.25) is 0 Å². The highest BCUT2D eigenvalue weighted by atomic mass is 16.5. The summed E-state index contributed by atoms with van der Waals surface area (Å²) in [6.07, 6.45) is 0.152. The molecule has 20 heavy (non-hydrogen) atoms. The van der Waals surface area contributed by atoms with Gasteiger partial charge in [-0.2, -0.15) is 0 Å². The molecule has 0 spiro atoms. The summed E-state index contributed by atoms with van der Waals surface area (Å²) in [7, 11) is 0. The van der Waals surface area contributed by atoms with Gasteiger partial charge in [-0.3, -0.25) is 4.79 Å². The van der Waals surface area contributed by atoms with E-state index >= 15 is 0 Å². The van der Waals surface area contributed by atoms with Crippen LogP contribution < -0.4 is 10.1 Å². The molecule has 1 aromatic carbocycles. The maximum Gasteiger partial charge on any atom is 0.159 e. The second kappa shape index (κ2) is 8.68. The van der Waals surface area contributed by atoms with Gasteiger partial charge in [0.1, 0.15) is 18.5 Å². The molecule has 0 amide bonds. The van der Waals surface area contributed by atoms with E-state index in [0.717, 1.165) is 6.42 Å². The van der Waals surface area contributed by atoms with Crippen molar-refractivity contribution < 1.29 is 19.7 Å². The van der Waals surface area contributed by atoms with E-state index < -0.39 is 6.10 Å². The van der Waals surface area contributed by atoms with Crippen molar-refractivity contribution in [3.8, 4) is 5.75 Å². The fraction of sp³-hybridized carbons (Fsp3) is 0.533. The van der Waals surface area contributed by atoms with Crippen LogP contribution in [0.15, 0.2) is 24.3 Å². The van der Waals surface area contributed by atoms with Crippen molar-refractivity contribution in [1.29, 1.82) is 0 Å². The Morgan fingerprint density at radius 1 is 1.35 bits per heavy atom. The molecular weight excluding hydrogens is 258 g/mol. The molecule has 0 fully saturated rings. The van der Waals surface area contributed by atoms with E-state index in [1.165, 1.54) is 6.92 Å². The van der Waals surface area contributed by atoms with Gasteiger partial charge in [0.05, 0.1) is 6.61 Å². The molecule has 0 saturated carbocycles. The van der Waals surface area contributed by atoms with Crippen molar-refractivity contribution in [2.75, 3.05) is 19.8 Å². The Morgan fingerprint density at radius 2 is 2.00 bits per heavy atom. The Bertz CT molecular complexity index is 401. The fourth-order valence-corrected chi connectivity index (χ4v) is 1.68. The molecule has 0 radical (unpaired) electrons. The number of aliphatic hydroxyl groups is 2. The Morgan fingerprint density at radius 3 is 2.50 bits per heavy atom. The van der Waals surface area contributed by atoms with E-state index in [9.17, 15) is 9.90 Å². The molecule has 3 N–H and O–H groups in total. The summed E-state index contributed by atoms with van der Waals surface area (Å²) in [4.78, 5) is 11.1. The first-order chi connectivity index (χ1) is 9.56. The van der Waals surface area contributed by atoms with E-state index in [2.05, 4.69) is 5.32 Å². The first kappa shape index (κ1) is 16.6. The lowest BCUT2D eigenvalue weighted by Gasteiger charge is -2.17. The molecular formula is C15H23NO4. The van der Waals surface area contributed by atoms with Crippen molar-refractivity contribution in [2.45, 2.75) is 32.4 Å². The highest BCUT2D eigenvalue weighted by Crippen LogP contribution is 2.12. The van der Waals surface area contributed by atoms with Crippen molar-refractivity contribution in [2.24, 2.45) is 0 Å². The summed E-state index contributed by atoms with van der Waals surface area (Å²) in [6.45, 7) is 4.05. The molecule has 0 aliphatic rings. The predicted molar refractivity (Wildman–Crippen MR) is 77.1 cm³/mol. The number of nitrogens with one attached hydrogen (secondary N) is 1. The molecule has 112 valence electrons. The van der Waals surface area contributed by atoms with Crippen LogP contribution in [0.5, 0.6) is 5.75 Å². The van der Waals surface area contributed by atoms with E-state index in [0.29, 0.717) is 17.9 Å². The van der Waals surface area contributed by atoms with Crippen molar-refractivity contribution >= 4 is 5.78 Å². The van der Waals surface area contributed by atoms with Crippen LogP contribution in [0.25, 0.3) is 0 Å². The summed E-state index contributed by atoms with van der Waals surface area (Å²) in [6, 6.07) is 6.81. The average Bonchev–Trinajstić information content (AvgIpc) is 2.46. The summed E-state index contributed by atoms with van der Waals surface area (Å²) < 4.78 is 5.44. The Hall–Kier alpha value is -1.43. The zero-order valence-corrected chi connectivity index (χ0v) is 12.0. The first-order valence-corrected chi connectivity index (χ1v) is 6.83. The number of benzene rings is 1. The lowest BCUT2D eigenvalue weighted by atomic mass is 10.1. The number of hydrogen-bond acceptors (Lipinski definition) is 5. The van der Waals surface area contributed by atoms with Gasteiger partial charge < -0.3 is 20.3 Å². The zero-order chi connectivity index (χ0) is 15.0. The normalized spacial score (nSPS) is 13.8. The Labute approximate surface area is 119 Å². The molecule has 0 unspecified atom stereocenters. The maximum atomic E-state index is 11.1. The van der Waals surface area contributed by atoms with Gasteiger partial charge in [-0.1, -0.05) is 6.92 Å². The van der Waals surface area contributed by atoms with Gasteiger partial charge in [-0.25, -0.2) is 0 Å². The predicted octanol–water partition coefficient (Wildman–Crippen LogP) is 0.989. The lowest BCUT2D eigenvalue weighted by molar-refractivity contribution is 0.0990. The van der Waals surface area contributed by atoms with Crippen LogP contribution in [-0.2, 0) is 0 Å². The van der Waals surface area contributed by atoms with E-state index in [4.69, 9.17) is 9.84 Å². The van der Waals surface area contributed by atoms with E-state index in [1.54, 1.807) is 24.3 Å². The molecule has 1 rings (SSSR count). The Kier molecular flexibility index (Phi) is 7.22. The average molecular weight is 281 g/mol. The SMILES string of the molecule is CC[C@H](CO)NC[C@H](O)COc1ccc(C(C)=O)cc1. The van der Waals surface area contributed by atoms with Gasteiger partial charge in [0.2, 0.25) is 0 Å². The van der Waals surface area contributed by atoms with Crippen LogP contribution in [0.4, 0.5) is 0 Å². The number of aliphatic hydroxyl groups excluding tert-OH is 2. The summed E-state index contributed by atoms with van der Waals surface area (Å²) in [5.74, 6) is 0.624. The molecule has 0 bridgehead atoms. The number of rotatable bonds is 9. The van der Waals surface area contributed by atoms with Gasteiger partial charge in [0.15, 0.2) is 5.78 Å². The highest BCUT2D eigenvalue weighted by Gasteiger charge is 2.09. The zero-order valence-electron chi connectivity index (χ0n) is 12.0. The molecule has 0 aliphatic heterocycles. The van der Waals surface area contributed by atoms with Gasteiger partial charge in [-0.05, 0) is 37.6 Å². The second-order valence-electron chi connectivity index (χ2n) is 4.74. The smallest absolute Gasteiger partial charge is 0.159 e. The van der Waals surface area contributed by atoms with E-state index in [-0.39, 0.29) is 25.0 Å². The third-order valence-corrected chi connectivity index (χ3v) is 3.06. The second-order valence-corrected chi connectivity index (χ2v) is 4.74. The van der Waals surface area contributed by atoms with Crippen molar-refractivity contribution in [3.05, 3.63) is 29.8 Å². The van der Waals surface area contributed by atoms with Crippen LogP contribution in [0.1, 0.15) is 30.6 Å². The standard InChI is InChI=1S/C15H23NO4/c1-3-13(9-17)16-8-14(19)10-20-15-6-4-12(5-7-15)11(2)18/h4-7,13-14,16-17,19H,3,8-10H2,1-2H3/t13-,14+/m1/s1. The number of carbonyl (C=O) groups is 1. The van der Waals surface area contributed by atoms with Gasteiger partial charge >= 0.3 is 0 Å². The largest absolute Gasteiger partial charge is 0.491 e. The molecule has 0 saturated heterocycles. The van der Waals surface area contributed by atoms with Gasteiger partial charge in [0.25, 0.3) is 0 Å². The van der Waals surface area contributed by atoms with Crippen LogP contribution in [0, 0.1) is 0 Å². The van der Waals surface area contributed by atoms with Crippen LogP contribution >= 0.6 is 0 Å². The first-order valence-electron chi connectivity index (χ1n) is 6.83. The minimum Gasteiger partial charge on any atom is -0.491 e. The molecule has 0 aliphatic carbocycles. The minimum atomic E-state index is -0.650. The number of carbonyl (C=O) groups excluding carboxylic acids is 1. The molecule has 5 heteroatoms. The molecule has 0 aromatic heterocycles. The number of Topliss-reactive ketones (excluding diaryl/α,β-unsaturated/α-hetero) is 1. The topological polar surface area (TPSA) is 78.8 Å². The monoisotopic (exact) mass is 281 g/mol. The lowest BCUT2D eigenvalue weighted by Crippen LogP contribution is -2.39. The van der Waals surface area contributed by atoms with Crippen LogP contribution in [0.3, 0.4) is 0 Å². The van der Waals surface area contributed by atoms with E-state index in [1.807, 2.05) is 6.92 Å². The molecule has 0 heterocycles. The van der Waals surface area contributed by atoms with Gasteiger partial charge in [0, 0.05) is 18.2 Å². The van der Waals surface area contributed by atoms with Gasteiger partial charge in [-0.15, -0.1) is 0 Å². The van der Waals surface area contributed by atoms with Crippen molar-refractivity contribution in [1.82, 2.24) is 5.32 Å². The number of ketones is 1. The number of hydrogen-bond donors (Lipinski definition) is 3. The summed E-state index contributed by atoms with van der Waals surface area (Å²) in [5.41, 5.74) is 0.633. The minimum absolute atomic E-state index is 0.000463. The van der Waals surface area contributed by atoms with Crippen LogP contribution in [-0.4, -0.2) is 47.9 Å². The highest BCUT2D eigenvalue weighted by molar-refractivity contribution is 5.94. The third kappa shape index (κ3) is 5.69. The number of ether oxygens (including phenoxy) is 1. The fourth-order valence-electron chi connectivity index (χ4n) is 1.68.